The van der Waals surface area contributed by atoms with Gasteiger partial charge in [-0.3, -0.25) is 0 Å². The normalized spacial score (nSPS) is 24.9. The lowest BCUT2D eigenvalue weighted by molar-refractivity contribution is 0.113. The fraction of sp³-hybridized carbons (Fsp3) is 0.538. The Morgan fingerprint density at radius 3 is 2.75 bits per heavy atom. The van der Waals surface area contributed by atoms with Gasteiger partial charge in [0, 0.05) is 19.2 Å². The molecule has 1 saturated heterocycles. The molecule has 3 heteroatoms. The second-order valence-corrected chi connectivity index (χ2v) is 4.28. The van der Waals surface area contributed by atoms with Gasteiger partial charge in [-0.1, -0.05) is 24.3 Å². The van der Waals surface area contributed by atoms with E-state index in [1.165, 1.54) is 5.56 Å². The summed E-state index contributed by atoms with van der Waals surface area (Å²) in [5, 5.41) is 12.7. The van der Waals surface area contributed by atoms with Crippen LogP contribution < -0.4 is 5.32 Å². The van der Waals surface area contributed by atoms with Crippen LogP contribution in [0.2, 0.25) is 0 Å². The van der Waals surface area contributed by atoms with Gasteiger partial charge in [0.2, 0.25) is 0 Å². The second-order valence-electron chi connectivity index (χ2n) is 4.28. The standard InChI is InChI=1S/C13H19NO2/c1-10-13(6-7-16-10)14-8-11-4-2-3-5-12(11)9-15/h2-5,10,13-15H,6-9H2,1H3. The van der Waals surface area contributed by atoms with Crippen molar-refractivity contribution >= 4 is 0 Å². The molecule has 0 bridgehead atoms. The fourth-order valence-corrected chi connectivity index (χ4v) is 2.13. The molecule has 3 nitrogen and oxygen atoms in total. The molecule has 2 N–H and O–H groups in total. The zero-order valence-corrected chi connectivity index (χ0v) is 9.65. The average Bonchev–Trinajstić information content (AvgIpc) is 2.72. The van der Waals surface area contributed by atoms with Gasteiger partial charge < -0.3 is 15.2 Å². The quantitative estimate of drug-likeness (QED) is 0.808. The van der Waals surface area contributed by atoms with Crippen molar-refractivity contribution in [3.05, 3.63) is 35.4 Å². The van der Waals surface area contributed by atoms with Gasteiger partial charge >= 0.3 is 0 Å². The van der Waals surface area contributed by atoms with Crippen LogP contribution in [0.1, 0.15) is 24.5 Å². The van der Waals surface area contributed by atoms with Crippen molar-refractivity contribution < 1.29 is 9.84 Å². The van der Waals surface area contributed by atoms with Gasteiger partial charge in [0.1, 0.15) is 0 Å². The van der Waals surface area contributed by atoms with Crippen molar-refractivity contribution in [1.82, 2.24) is 5.32 Å². The number of rotatable bonds is 4. The molecule has 1 aromatic rings. The first-order valence-electron chi connectivity index (χ1n) is 5.84. The Morgan fingerprint density at radius 1 is 1.38 bits per heavy atom. The maximum Gasteiger partial charge on any atom is 0.0700 e. The van der Waals surface area contributed by atoms with Crippen LogP contribution in [0.4, 0.5) is 0 Å². The molecule has 0 saturated carbocycles. The minimum Gasteiger partial charge on any atom is -0.392 e. The van der Waals surface area contributed by atoms with E-state index in [0.717, 1.165) is 25.1 Å². The van der Waals surface area contributed by atoms with Crippen LogP contribution in [0.5, 0.6) is 0 Å². The molecule has 0 aliphatic carbocycles. The Labute approximate surface area is 96.4 Å². The molecule has 2 rings (SSSR count). The van der Waals surface area contributed by atoms with E-state index in [-0.39, 0.29) is 6.61 Å². The van der Waals surface area contributed by atoms with Gasteiger partial charge in [0.25, 0.3) is 0 Å². The Kier molecular flexibility index (Phi) is 3.93. The van der Waals surface area contributed by atoms with Crippen LogP contribution >= 0.6 is 0 Å². The SMILES string of the molecule is CC1OCCC1NCc1ccccc1CO. The van der Waals surface area contributed by atoms with E-state index in [1.807, 2.05) is 18.2 Å². The van der Waals surface area contributed by atoms with Crippen LogP contribution in [-0.2, 0) is 17.9 Å². The lowest BCUT2D eigenvalue weighted by Crippen LogP contribution is -2.34. The van der Waals surface area contributed by atoms with Crippen molar-refractivity contribution in [3.63, 3.8) is 0 Å². The van der Waals surface area contributed by atoms with Crippen molar-refractivity contribution in [2.75, 3.05) is 6.61 Å². The van der Waals surface area contributed by atoms with Gasteiger partial charge in [0.15, 0.2) is 0 Å². The third-order valence-corrected chi connectivity index (χ3v) is 3.22. The van der Waals surface area contributed by atoms with Gasteiger partial charge in [-0.05, 0) is 24.5 Å². The summed E-state index contributed by atoms with van der Waals surface area (Å²) in [6, 6.07) is 8.41. The molecule has 88 valence electrons. The van der Waals surface area contributed by atoms with Crippen molar-refractivity contribution in [3.8, 4) is 0 Å². The zero-order valence-electron chi connectivity index (χ0n) is 9.65. The summed E-state index contributed by atoms with van der Waals surface area (Å²) < 4.78 is 5.50. The molecule has 2 atom stereocenters. The van der Waals surface area contributed by atoms with Gasteiger partial charge in [-0.2, -0.15) is 0 Å². The van der Waals surface area contributed by atoms with Crippen LogP contribution in [0.15, 0.2) is 24.3 Å². The fourth-order valence-electron chi connectivity index (χ4n) is 2.13. The Bertz CT molecular complexity index is 340. The van der Waals surface area contributed by atoms with Gasteiger partial charge in [-0.15, -0.1) is 0 Å². The van der Waals surface area contributed by atoms with Crippen LogP contribution in [0.25, 0.3) is 0 Å². The van der Waals surface area contributed by atoms with E-state index in [4.69, 9.17) is 4.74 Å². The highest BCUT2D eigenvalue weighted by Crippen LogP contribution is 2.14. The summed E-state index contributed by atoms with van der Waals surface area (Å²) in [5.74, 6) is 0. The molecular formula is C13H19NO2. The molecule has 1 aliphatic rings. The summed E-state index contributed by atoms with van der Waals surface area (Å²) in [6.07, 6.45) is 1.36. The topological polar surface area (TPSA) is 41.5 Å². The van der Waals surface area contributed by atoms with E-state index >= 15 is 0 Å². The first kappa shape index (κ1) is 11.6. The number of aliphatic hydroxyl groups is 1. The van der Waals surface area contributed by atoms with Crippen LogP contribution in [-0.4, -0.2) is 23.9 Å². The number of hydrogen-bond acceptors (Lipinski definition) is 3. The molecule has 2 unspecified atom stereocenters. The highest BCUT2D eigenvalue weighted by atomic mass is 16.5. The highest BCUT2D eigenvalue weighted by Gasteiger charge is 2.23. The molecular weight excluding hydrogens is 202 g/mol. The average molecular weight is 221 g/mol. The van der Waals surface area contributed by atoms with Crippen molar-refractivity contribution in [2.45, 2.75) is 38.6 Å². The lowest BCUT2D eigenvalue weighted by atomic mass is 10.1. The predicted octanol–water partition coefficient (Wildman–Crippen LogP) is 1.45. The van der Waals surface area contributed by atoms with Gasteiger partial charge in [0.05, 0.1) is 12.7 Å². The minimum absolute atomic E-state index is 0.106. The number of aliphatic hydroxyl groups excluding tert-OH is 1. The second kappa shape index (κ2) is 5.43. The third kappa shape index (κ3) is 2.61. The lowest BCUT2D eigenvalue weighted by Gasteiger charge is -2.17. The first-order chi connectivity index (χ1) is 7.81. The minimum atomic E-state index is 0.106. The van der Waals surface area contributed by atoms with Crippen molar-refractivity contribution in [1.29, 1.82) is 0 Å². The molecule has 1 aromatic carbocycles. The molecule has 16 heavy (non-hydrogen) atoms. The zero-order chi connectivity index (χ0) is 11.4. The summed E-state index contributed by atoms with van der Waals surface area (Å²) in [6.45, 7) is 3.85. The molecule has 1 heterocycles. The Balaban J connectivity index is 1.93. The van der Waals surface area contributed by atoms with Crippen molar-refractivity contribution in [2.24, 2.45) is 0 Å². The largest absolute Gasteiger partial charge is 0.392 e. The Hall–Kier alpha value is -0.900. The summed E-state index contributed by atoms with van der Waals surface area (Å²) >= 11 is 0. The van der Waals surface area contributed by atoms with Crippen LogP contribution in [0, 0.1) is 0 Å². The van der Waals surface area contributed by atoms with E-state index in [1.54, 1.807) is 0 Å². The smallest absolute Gasteiger partial charge is 0.0700 e. The number of benzene rings is 1. The summed E-state index contributed by atoms with van der Waals surface area (Å²) in [7, 11) is 0. The summed E-state index contributed by atoms with van der Waals surface area (Å²) in [5.41, 5.74) is 2.17. The maximum atomic E-state index is 9.21. The molecule has 0 spiro atoms. The number of nitrogens with one attached hydrogen (secondary N) is 1. The highest BCUT2D eigenvalue weighted by molar-refractivity contribution is 5.26. The van der Waals surface area contributed by atoms with Gasteiger partial charge in [-0.25, -0.2) is 0 Å². The monoisotopic (exact) mass is 221 g/mol. The van der Waals surface area contributed by atoms with E-state index in [0.29, 0.717) is 12.1 Å². The molecule has 0 radical (unpaired) electrons. The molecule has 1 fully saturated rings. The first-order valence-corrected chi connectivity index (χ1v) is 5.84. The van der Waals surface area contributed by atoms with E-state index in [9.17, 15) is 5.11 Å². The van der Waals surface area contributed by atoms with Crippen LogP contribution in [0.3, 0.4) is 0 Å². The molecule has 0 aromatic heterocycles. The molecule has 0 amide bonds. The number of hydrogen-bond donors (Lipinski definition) is 2. The van der Waals surface area contributed by atoms with E-state index < -0.39 is 0 Å². The Morgan fingerprint density at radius 2 is 2.12 bits per heavy atom. The predicted molar refractivity (Wildman–Crippen MR) is 63.0 cm³/mol. The third-order valence-electron chi connectivity index (χ3n) is 3.22. The maximum absolute atomic E-state index is 9.21. The summed E-state index contributed by atoms with van der Waals surface area (Å²) in [4.78, 5) is 0. The number of ether oxygens (including phenoxy) is 1. The molecule has 1 aliphatic heterocycles. The van der Waals surface area contributed by atoms with E-state index in [2.05, 4.69) is 18.3 Å².